The van der Waals surface area contributed by atoms with Crippen LogP contribution < -0.4 is 0 Å². The Hall–Kier alpha value is -3.22. The summed E-state index contributed by atoms with van der Waals surface area (Å²) in [5.41, 5.74) is 2.40. The van der Waals surface area contributed by atoms with E-state index in [1.165, 1.54) is 0 Å². The maximum atomic E-state index is 13.0. The summed E-state index contributed by atoms with van der Waals surface area (Å²) in [6, 6.07) is 11.9. The van der Waals surface area contributed by atoms with Crippen LogP contribution in [0, 0.1) is 5.92 Å². The molecule has 1 aliphatic rings. The number of rotatable bonds is 5. The molecule has 0 saturated carbocycles. The van der Waals surface area contributed by atoms with Crippen LogP contribution in [0.3, 0.4) is 0 Å². The second kappa shape index (κ2) is 8.43. The Labute approximate surface area is 169 Å². The fourth-order valence-electron chi connectivity index (χ4n) is 3.76. The Morgan fingerprint density at radius 2 is 2.03 bits per heavy atom. The highest BCUT2D eigenvalue weighted by Gasteiger charge is 2.30. The number of esters is 1. The predicted octanol–water partition coefficient (Wildman–Crippen LogP) is 2.89. The summed E-state index contributed by atoms with van der Waals surface area (Å²) in [4.78, 5) is 31.2. The molecule has 29 heavy (non-hydrogen) atoms. The average Bonchev–Trinajstić information content (AvgIpc) is 3.16. The van der Waals surface area contributed by atoms with Gasteiger partial charge in [-0.1, -0.05) is 30.3 Å². The molecule has 2 aromatic heterocycles. The van der Waals surface area contributed by atoms with E-state index >= 15 is 0 Å². The van der Waals surface area contributed by atoms with Crippen LogP contribution in [0.2, 0.25) is 0 Å². The lowest BCUT2D eigenvalue weighted by atomic mass is 9.97. The van der Waals surface area contributed by atoms with Crippen LogP contribution in [0.5, 0.6) is 0 Å². The van der Waals surface area contributed by atoms with E-state index in [0.29, 0.717) is 31.8 Å². The lowest BCUT2D eigenvalue weighted by Crippen LogP contribution is -2.42. The molecule has 7 heteroatoms. The summed E-state index contributed by atoms with van der Waals surface area (Å²) >= 11 is 0. The molecule has 1 saturated heterocycles. The van der Waals surface area contributed by atoms with Crippen LogP contribution in [0.1, 0.15) is 35.7 Å². The largest absolute Gasteiger partial charge is 0.466 e. The Morgan fingerprint density at radius 3 is 2.83 bits per heavy atom. The highest BCUT2D eigenvalue weighted by atomic mass is 16.5. The number of hydrogen-bond donors (Lipinski definition) is 0. The van der Waals surface area contributed by atoms with Crippen LogP contribution in [0.4, 0.5) is 0 Å². The van der Waals surface area contributed by atoms with Crippen LogP contribution in [-0.4, -0.2) is 51.2 Å². The summed E-state index contributed by atoms with van der Waals surface area (Å²) in [6.07, 6.45) is 4.88. The number of pyridine rings is 1. The molecule has 0 aliphatic carbocycles. The van der Waals surface area contributed by atoms with Crippen LogP contribution in [0.25, 0.3) is 11.0 Å². The van der Waals surface area contributed by atoms with E-state index in [0.717, 1.165) is 29.4 Å². The number of benzene rings is 1. The van der Waals surface area contributed by atoms with Gasteiger partial charge >= 0.3 is 5.97 Å². The Bertz CT molecular complexity index is 1020. The topological polar surface area (TPSA) is 77.3 Å². The minimum Gasteiger partial charge on any atom is -0.466 e. The fourth-order valence-corrected chi connectivity index (χ4v) is 3.76. The lowest BCUT2D eigenvalue weighted by molar-refractivity contribution is -0.149. The molecule has 1 aromatic carbocycles. The lowest BCUT2D eigenvalue weighted by Gasteiger charge is -2.31. The van der Waals surface area contributed by atoms with Gasteiger partial charge in [0, 0.05) is 24.7 Å². The SMILES string of the molecule is CCOC(=O)C1CCCN(C(=O)c2cnc3c(cnn3Cc3ccccc3)c2)C1. The molecular formula is C22H24N4O3. The first-order valence-corrected chi connectivity index (χ1v) is 9.97. The summed E-state index contributed by atoms with van der Waals surface area (Å²) in [5.74, 6) is -0.581. The molecule has 1 aliphatic heterocycles. The maximum absolute atomic E-state index is 13.0. The first-order valence-electron chi connectivity index (χ1n) is 9.97. The van der Waals surface area contributed by atoms with Crippen LogP contribution in [0.15, 0.2) is 48.8 Å². The standard InChI is InChI=1S/C22H24N4O3/c1-2-29-22(28)17-9-6-10-25(15-17)21(27)19-11-18-13-24-26(20(18)23-12-19)14-16-7-4-3-5-8-16/h3-5,7-8,11-13,17H,2,6,9-10,14-15H2,1H3. The van der Waals surface area contributed by atoms with Crippen LogP contribution >= 0.6 is 0 Å². The van der Waals surface area contributed by atoms with E-state index in [1.54, 1.807) is 24.2 Å². The van der Waals surface area contributed by atoms with Gasteiger partial charge in [0.1, 0.15) is 0 Å². The molecule has 1 unspecified atom stereocenters. The van der Waals surface area contributed by atoms with E-state index < -0.39 is 0 Å². The summed E-state index contributed by atoms with van der Waals surface area (Å²) in [6.45, 7) is 3.81. The second-order valence-corrected chi connectivity index (χ2v) is 7.27. The minimum absolute atomic E-state index is 0.107. The molecule has 3 heterocycles. The molecule has 7 nitrogen and oxygen atoms in total. The third-order valence-corrected chi connectivity index (χ3v) is 5.23. The van der Waals surface area contributed by atoms with Crippen molar-refractivity contribution >= 4 is 22.9 Å². The quantitative estimate of drug-likeness (QED) is 0.624. The van der Waals surface area contributed by atoms with Gasteiger partial charge in [-0.25, -0.2) is 9.67 Å². The van der Waals surface area contributed by atoms with Gasteiger partial charge in [0.25, 0.3) is 5.91 Å². The number of carbonyl (C=O) groups excluding carboxylic acids is 2. The first kappa shape index (κ1) is 19.1. The van der Waals surface area contributed by atoms with Crippen molar-refractivity contribution in [2.75, 3.05) is 19.7 Å². The normalized spacial score (nSPS) is 16.7. The predicted molar refractivity (Wildman–Crippen MR) is 108 cm³/mol. The van der Waals surface area contributed by atoms with Gasteiger partial charge in [0.2, 0.25) is 0 Å². The van der Waals surface area contributed by atoms with E-state index in [1.807, 2.05) is 41.1 Å². The van der Waals surface area contributed by atoms with Gasteiger partial charge in [-0.3, -0.25) is 9.59 Å². The van der Waals surface area contributed by atoms with Gasteiger partial charge in [0.15, 0.2) is 5.65 Å². The summed E-state index contributed by atoms with van der Waals surface area (Å²) in [5, 5.41) is 5.25. The smallest absolute Gasteiger partial charge is 0.310 e. The van der Waals surface area contributed by atoms with Crippen molar-refractivity contribution in [1.82, 2.24) is 19.7 Å². The first-order chi connectivity index (χ1) is 14.2. The molecule has 0 radical (unpaired) electrons. The molecule has 0 N–H and O–H groups in total. The van der Waals surface area contributed by atoms with Crippen molar-refractivity contribution in [3.05, 3.63) is 59.9 Å². The van der Waals surface area contributed by atoms with Crippen molar-refractivity contribution in [1.29, 1.82) is 0 Å². The number of aromatic nitrogens is 3. The van der Waals surface area contributed by atoms with E-state index in [-0.39, 0.29) is 17.8 Å². The number of piperidine rings is 1. The van der Waals surface area contributed by atoms with E-state index in [2.05, 4.69) is 10.1 Å². The molecule has 0 spiro atoms. The molecule has 1 atom stereocenters. The van der Waals surface area contributed by atoms with Crippen LogP contribution in [-0.2, 0) is 16.1 Å². The highest BCUT2D eigenvalue weighted by Crippen LogP contribution is 2.21. The number of fused-ring (bicyclic) bond motifs is 1. The van der Waals surface area contributed by atoms with Crippen molar-refractivity contribution < 1.29 is 14.3 Å². The molecule has 1 amide bonds. The zero-order valence-corrected chi connectivity index (χ0v) is 16.5. The zero-order valence-electron chi connectivity index (χ0n) is 16.5. The molecule has 3 aromatic rings. The molecular weight excluding hydrogens is 368 g/mol. The minimum atomic E-state index is -0.252. The van der Waals surface area contributed by atoms with Crippen molar-refractivity contribution in [2.45, 2.75) is 26.3 Å². The van der Waals surface area contributed by atoms with E-state index in [9.17, 15) is 9.59 Å². The van der Waals surface area contributed by atoms with Gasteiger partial charge in [-0.05, 0) is 31.4 Å². The number of amides is 1. The molecule has 0 bridgehead atoms. The van der Waals surface area contributed by atoms with Gasteiger partial charge in [-0.15, -0.1) is 0 Å². The molecule has 150 valence electrons. The monoisotopic (exact) mass is 392 g/mol. The Morgan fingerprint density at radius 1 is 1.21 bits per heavy atom. The summed E-state index contributed by atoms with van der Waals surface area (Å²) < 4.78 is 6.95. The maximum Gasteiger partial charge on any atom is 0.310 e. The zero-order chi connectivity index (χ0) is 20.2. The second-order valence-electron chi connectivity index (χ2n) is 7.27. The number of hydrogen-bond acceptors (Lipinski definition) is 5. The molecule has 1 fully saturated rings. The summed E-state index contributed by atoms with van der Waals surface area (Å²) in [7, 11) is 0. The van der Waals surface area contributed by atoms with Crippen molar-refractivity contribution in [3.8, 4) is 0 Å². The fraction of sp³-hybridized carbons (Fsp3) is 0.364. The van der Waals surface area contributed by atoms with Gasteiger partial charge in [-0.2, -0.15) is 5.10 Å². The van der Waals surface area contributed by atoms with Crippen molar-refractivity contribution in [3.63, 3.8) is 0 Å². The third kappa shape index (κ3) is 4.13. The van der Waals surface area contributed by atoms with Gasteiger partial charge in [0.05, 0.1) is 30.8 Å². The number of nitrogens with zero attached hydrogens (tertiary/aromatic N) is 4. The number of likely N-dealkylation sites (tertiary alicyclic amines) is 1. The third-order valence-electron chi connectivity index (χ3n) is 5.23. The molecule has 4 rings (SSSR count). The average molecular weight is 392 g/mol. The number of ether oxygens (including phenoxy) is 1. The highest BCUT2D eigenvalue weighted by molar-refractivity contribution is 5.97. The van der Waals surface area contributed by atoms with E-state index in [4.69, 9.17) is 4.74 Å². The van der Waals surface area contributed by atoms with Crippen molar-refractivity contribution in [2.24, 2.45) is 5.92 Å². The Kier molecular flexibility index (Phi) is 5.55. The number of carbonyl (C=O) groups is 2. The Balaban J connectivity index is 1.50. The van der Waals surface area contributed by atoms with Gasteiger partial charge < -0.3 is 9.64 Å².